The molecule has 2 aromatic carbocycles. The molecule has 5 heteroatoms. The Morgan fingerprint density at radius 2 is 1.89 bits per heavy atom. The van der Waals surface area contributed by atoms with Crippen LogP contribution in [0.2, 0.25) is 0 Å². The van der Waals surface area contributed by atoms with Crippen LogP contribution in [0.1, 0.15) is 11.1 Å². The molecular formula is C13H8HgNO3. The number of rotatable bonds is 1. The molecule has 1 N–H and O–H groups in total. The summed E-state index contributed by atoms with van der Waals surface area (Å²) < 4.78 is 1.01. The van der Waals surface area contributed by atoms with Crippen molar-refractivity contribution in [3.63, 3.8) is 0 Å². The predicted molar refractivity (Wildman–Crippen MR) is 62.6 cm³/mol. The van der Waals surface area contributed by atoms with Gasteiger partial charge in [-0.3, -0.25) is 0 Å². The van der Waals surface area contributed by atoms with E-state index in [-0.39, 0.29) is 10.6 Å². The van der Waals surface area contributed by atoms with E-state index in [1.165, 1.54) is 6.07 Å². The summed E-state index contributed by atoms with van der Waals surface area (Å²) >= 11 is 0.359. The van der Waals surface area contributed by atoms with Crippen molar-refractivity contribution in [2.24, 2.45) is 0 Å². The number of nitrogens with zero attached hydrogens (tertiary/aromatic N) is 1. The standard InChI is InChI=1S/C13H8NO3.Hg/c15-11-2-4-13-9(7-11)5-8-6-10(14(16)17)1-3-12(8)13;/h1,3-4,6-7,15H,5H2;. The van der Waals surface area contributed by atoms with Gasteiger partial charge in [-0.25, -0.2) is 0 Å². The Morgan fingerprint density at radius 1 is 1.17 bits per heavy atom. The average Bonchev–Trinajstić information content (AvgIpc) is 2.66. The number of nitro groups is 1. The van der Waals surface area contributed by atoms with Gasteiger partial charge in [0.05, 0.1) is 0 Å². The Bertz CT molecular complexity index is 682. The third-order valence-electron chi connectivity index (χ3n) is 3.28. The zero-order valence-corrected chi connectivity index (χ0v) is 15.0. The fraction of sp³-hybridized carbons (Fsp3) is 0.0769. The second kappa shape index (κ2) is 4.05. The number of phenolic OH excluding ortho intramolecular Hbond substituents is 1. The van der Waals surface area contributed by atoms with Crippen molar-refractivity contribution in [1.82, 2.24) is 0 Å². The van der Waals surface area contributed by atoms with Crippen molar-refractivity contribution in [3.05, 3.63) is 51.6 Å². The summed E-state index contributed by atoms with van der Waals surface area (Å²) in [6.07, 6.45) is 0.661. The molecule has 0 atom stereocenters. The van der Waals surface area contributed by atoms with Gasteiger partial charge in [0.2, 0.25) is 0 Å². The van der Waals surface area contributed by atoms with Gasteiger partial charge < -0.3 is 0 Å². The van der Waals surface area contributed by atoms with Crippen LogP contribution in [-0.4, -0.2) is 10.0 Å². The van der Waals surface area contributed by atoms with E-state index in [0.717, 1.165) is 25.3 Å². The quantitative estimate of drug-likeness (QED) is 0.368. The molecule has 0 spiro atoms. The molecule has 2 aromatic rings. The third-order valence-corrected chi connectivity index (χ3v) is 5.48. The van der Waals surface area contributed by atoms with Crippen LogP contribution in [0.5, 0.6) is 5.75 Å². The minimum absolute atomic E-state index is 0.126. The van der Waals surface area contributed by atoms with Gasteiger partial charge in [0.25, 0.3) is 0 Å². The summed E-state index contributed by atoms with van der Waals surface area (Å²) in [6, 6.07) is 8.79. The van der Waals surface area contributed by atoms with E-state index < -0.39 is 0 Å². The summed E-state index contributed by atoms with van der Waals surface area (Å²) in [5, 5.41) is 20.5. The number of fused-ring (bicyclic) bond motifs is 3. The predicted octanol–water partition coefficient (Wildman–Crippen LogP) is 2.04. The monoisotopic (exact) mass is 428 g/mol. The SMILES string of the molecule is O=[N+]([O-])c1ccc2c(c1)Cc1cc(O)[c]([Hg])cc1-2. The Balaban J connectivity index is 2.18. The Morgan fingerprint density at radius 3 is 2.61 bits per heavy atom. The first-order valence-corrected chi connectivity index (χ1v) is 8.26. The molecule has 0 fully saturated rings. The van der Waals surface area contributed by atoms with Crippen LogP contribution in [-0.2, 0) is 32.5 Å². The molecule has 0 saturated carbocycles. The van der Waals surface area contributed by atoms with Crippen molar-refractivity contribution in [2.45, 2.75) is 6.42 Å². The maximum atomic E-state index is 10.8. The molecule has 4 nitrogen and oxygen atoms in total. The average molecular weight is 427 g/mol. The zero-order chi connectivity index (χ0) is 12.9. The van der Waals surface area contributed by atoms with Gasteiger partial charge in [-0.1, -0.05) is 0 Å². The van der Waals surface area contributed by atoms with Crippen molar-refractivity contribution in [3.8, 4) is 16.9 Å². The van der Waals surface area contributed by atoms with Crippen LogP contribution in [0.4, 0.5) is 5.69 Å². The number of aromatic hydroxyl groups is 1. The summed E-state index contributed by atoms with van der Waals surface area (Å²) in [5.74, 6) is 0.361. The van der Waals surface area contributed by atoms with E-state index >= 15 is 0 Å². The number of non-ortho nitro benzene ring substituents is 1. The molecule has 0 amide bonds. The molecule has 0 radical (unpaired) electrons. The fourth-order valence-corrected chi connectivity index (χ4v) is 3.57. The van der Waals surface area contributed by atoms with Crippen LogP contribution in [0, 0.1) is 10.1 Å². The number of nitro benzene ring substituents is 1. The van der Waals surface area contributed by atoms with Crippen LogP contribution in [0.25, 0.3) is 11.1 Å². The van der Waals surface area contributed by atoms with E-state index in [1.807, 2.05) is 12.1 Å². The molecule has 0 unspecified atom stereocenters. The number of phenols is 1. The minimum atomic E-state index is -0.373. The molecule has 0 aliphatic heterocycles. The van der Waals surface area contributed by atoms with Gasteiger partial charge in [0.15, 0.2) is 0 Å². The molecule has 1 aliphatic carbocycles. The second-order valence-electron chi connectivity index (χ2n) is 4.41. The number of hydrogen-bond donors (Lipinski definition) is 1. The van der Waals surface area contributed by atoms with Crippen molar-refractivity contribution in [2.75, 3.05) is 0 Å². The van der Waals surface area contributed by atoms with E-state index in [2.05, 4.69) is 0 Å². The number of hydrogen-bond acceptors (Lipinski definition) is 3. The van der Waals surface area contributed by atoms with Crippen LogP contribution >= 0.6 is 0 Å². The summed E-state index contributed by atoms with van der Waals surface area (Å²) in [7, 11) is 0. The topological polar surface area (TPSA) is 63.4 Å². The van der Waals surface area contributed by atoms with Crippen LogP contribution < -0.4 is 3.07 Å². The van der Waals surface area contributed by atoms with Gasteiger partial charge in [-0.2, -0.15) is 0 Å². The van der Waals surface area contributed by atoms with Gasteiger partial charge in [-0.15, -0.1) is 0 Å². The van der Waals surface area contributed by atoms with Crippen LogP contribution in [0.3, 0.4) is 0 Å². The van der Waals surface area contributed by atoms with Gasteiger partial charge in [0.1, 0.15) is 0 Å². The zero-order valence-electron chi connectivity index (χ0n) is 9.51. The summed E-state index contributed by atoms with van der Waals surface area (Å²) in [6.45, 7) is 0. The normalized spacial score (nSPS) is 12.1. The van der Waals surface area contributed by atoms with E-state index in [0.29, 0.717) is 38.3 Å². The molecule has 0 saturated heterocycles. The third kappa shape index (κ3) is 1.71. The summed E-state index contributed by atoms with van der Waals surface area (Å²) in [4.78, 5) is 10.4. The van der Waals surface area contributed by atoms with Gasteiger partial charge in [-0.05, 0) is 0 Å². The molecule has 0 aromatic heterocycles. The Hall–Kier alpha value is -1.42. The summed E-state index contributed by atoms with van der Waals surface area (Å²) in [5.41, 5.74) is 4.32. The van der Waals surface area contributed by atoms with Gasteiger partial charge >= 0.3 is 120 Å². The van der Waals surface area contributed by atoms with Crippen molar-refractivity contribution < 1.29 is 36.2 Å². The molecule has 85 valence electrons. The molecule has 3 rings (SSSR count). The molecule has 0 heterocycles. The first kappa shape index (κ1) is 11.7. The van der Waals surface area contributed by atoms with Gasteiger partial charge in [0, 0.05) is 0 Å². The van der Waals surface area contributed by atoms with E-state index in [1.54, 1.807) is 12.1 Å². The van der Waals surface area contributed by atoms with E-state index in [4.69, 9.17) is 0 Å². The first-order chi connectivity index (χ1) is 8.56. The fourth-order valence-electron chi connectivity index (χ4n) is 2.38. The van der Waals surface area contributed by atoms with Crippen LogP contribution in [0.15, 0.2) is 30.3 Å². The second-order valence-corrected chi connectivity index (χ2v) is 7.37. The van der Waals surface area contributed by atoms with Crippen molar-refractivity contribution in [1.29, 1.82) is 0 Å². The van der Waals surface area contributed by atoms with Crippen molar-refractivity contribution >= 4 is 8.76 Å². The molecule has 0 bridgehead atoms. The first-order valence-electron chi connectivity index (χ1n) is 5.52. The molecule has 18 heavy (non-hydrogen) atoms. The van der Waals surface area contributed by atoms with E-state index in [9.17, 15) is 15.2 Å². The Kier molecular flexibility index (Phi) is 2.62. The molecular weight excluding hydrogens is 419 g/mol. The Labute approximate surface area is 119 Å². The molecule has 1 aliphatic rings. The maximum absolute atomic E-state index is 10.8. The number of benzene rings is 2.